The van der Waals surface area contributed by atoms with Gasteiger partial charge in [0, 0.05) is 19.6 Å². The van der Waals surface area contributed by atoms with Gasteiger partial charge in [0.15, 0.2) is 5.84 Å². The Kier molecular flexibility index (Phi) is 4.39. The highest BCUT2D eigenvalue weighted by molar-refractivity contribution is 5.84. The number of ether oxygens (including phenoxy) is 1. The van der Waals surface area contributed by atoms with E-state index in [2.05, 4.69) is 42.1 Å². The van der Waals surface area contributed by atoms with Gasteiger partial charge in [0.05, 0.1) is 6.61 Å². The highest BCUT2D eigenvalue weighted by Gasteiger charge is 2.24. The maximum absolute atomic E-state index is 8.72. The average molecular weight is 263 g/mol. The lowest BCUT2D eigenvalue weighted by Gasteiger charge is -2.32. The minimum absolute atomic E-state index is 0.145. The number of aryl methyl sites for hydroxylation is 2. The van der Waals surface area contributed by atoms with Crippen LogP contribution in [0.15, 0.2) is 23.4 Å². The first kappa shape index (κ1) is 13.8. The van der Waals surface area contributed by atoms with Crippen molar-refractivity contribution in [2.24, 2.45) is 10.9 Å². The van der Waals surface area contributed by atoms with Crippen molar-refractivity contribution in [3.05, 3.63) is 34.9 Å². The summed E-state index contributed by atoms with van der Waals surface area (Å²) in [4.78, 5) is 2.28. The molecule has 0 saturated carbocycles. The molecule has 1 unspecified atom stereocenters. The van der Waals surface area contributed by atoms with Crippen molar-refractivity contribution in [1.82, 2.24) is 4.90 Å². The summed E-state index contributed by atoms with van der Waals surface area (Å²) in [7, 11) is 0. The predicted octanol–water partition coefficient (Wildman–Crippen LogP) is 1.25. The zero-order chi connectivity index (χ0) is 13.8. The van der Waals surface area contributed by atoms with Crippen molar-refractivity contribution in [3.8, 4) is 0 Å². The Morgan fingerprint density at radius 1 is 1.47 bits per heavy atom. The number of rotatable bonds is 3. The normalized spacial score (nSPS) is 21.6. The highest BCUT2D eigenvalue weighted by atomic mass is 16.5. The molecule has 1 aromatic rings. The van der Waals surface area contributed by atoms with Gasteiger partial charge in [0.1, 0.15) is 6.10 Å². The van der Waals surface area contributed by atoms with Crippen LogP contribution < -0.4 is 5.73 Å². The molecule has 0 spiro atoms. The van der Waals surface area contributed by atoms with E-state index in [1.165, 1.54) is 16.7 Å². The van der Waals surface area contributed by atoms with Gasteiger partial charge < -0.3 is 15.7 Å². The smallest absolute Gasteiger partial charge is 0.169 e. The molecule has 0 bridgehead atoms. The van der Waals surface area contributed by atoms with Crippen LogP contribution in [0, 0.1) is 13.8 Å². The summed E-state index contributed by atoms with van der Waals surface area (Å²) in [5.74, 6) is 0.145. The van der Waals surface area contributed by atoms with Gasteiger partial charge in [-0.25, -0.2) is 0 Å². The van der Waals surface area contributed by atoms with E-state index in [9.17, 15) is 0 Å². The molecule has 1 aliphatic heterocycles. The van der Waals surface area contributed by atoms with Gasteiger partial charge in [-0.1, -0.05) is 23.4 Å². The first-order chi connectivity index (χ1) is 9.11. The lowest BCUT2D eigenvalue weighted by Crippen LogP contribution is -2.48. The third kappa shape index (κ3) is 3.24. The van der Waals surface area contributed by atoms with Crippen LogP contribution >= 0.6 is 0 Å². The number of hydrogen-bond acceptors (Lipinski definition) is 4. The summed E-state index contributed by atoms with van der Waals surface area (Å²) < 4.78 is 5.50. The van der Waals surface area contributed by atoms with Crippen LogP contribution in [-0.2, 0) is 11.3 Å². The van der Waals surface area contributed by atoms with E-state index in [1.807, 2.05) is 0 Å². The van der Waals surface area contributed by atoms with Crippen molar-refractivity contribution in [2.45, 2.75) is 26.5 Å². The zero-order valence-corrected chi connectivity index (χ0v) is 11.5. The van der Waals surface area contributed by atoms with E-state index in [1.54, 1.807) is 0 Å². The fraction of sp³-hybridized carbons (Fsp3) is 0.500. The number of nitrogens with two attached hydrogens (primary N) is 1. The predicted molar refractivity (Wildman–Crippen MR) is 74.3 cm³/mol. The average Bonchev–Trinajstić information content (AvgIpc) is 2.42. The van der Waals surface area contributed by atoms with Crippen LogP contribution in [0.3, 0.4) is 0 Å². The second-order valence-electron chi connectivity index (χ2n) is 4.99. The Hall–Kier alpha value is -1.59. The molecule has 1 heterocycles. The Morgan fingerprint density at radius 2 is 2.16 bits per heavy atom. The monoisotopic (exact) mass is 263 g/mol. The molecule has 0 aromatic heterocycles. The maximum atomic E-state index is 8.72. The number of nitrogens with zero attached hydrogens (tertiary/aromatic N) is 2. The lowest BCUT2D eigenvalue weighted by molar-refractivity contribution is 0.00128. The van der Waals surface area contributed by atoms with E-state index < -0.39 is 0 Å². The molecular formula is C14H21N3O2. The van der Waals surface area contributed by atoms with Crippen molar-refractivity contribution >= 4 is 5.84 Å². The summed E-state index contributed by atoms with van der Waals surface area (Å²) in [5, 5.41) is 11.7. The Bertz CT molecular complexity index is 454. The van der Waals surface area contributed by atoms with Crippen LogP contribution in [0.5, 0.6) is 0 Å². The summed E-state index contributed by atoms with van der Waals surface area (Å²) >= 11 is 0. The molecule has 1 aliphatic rings. The maximum Gasteiger partial charge on any atom is 0.169 e. The Balaban J connectivity index is 2.07. The topological polar surface area (TPSA) is 71.1 Å². The number of morpholine rings is 1. The van der Waals surface area contributed by atoms with Crippen LogP contribution in [0.4, 0.5) is 0 Å². The minimum Gasteiger partial charge on any atom is -0.409 e. The molecule has 19 heavy (non-hydrogen) atoms. The number of oxime groups is 1. The largest absolute Gasteiger partial charge is 0.409 e. The fourth-order valence-electron chi connectivity index (χ4n) is 2.41. The zero-order valence-electron chi connectivity index (χ0n) is 11.5. The summed E-state index contributed by atoms with van der Waals surface area (Å²) in [6.07, 6.45) is -0.317. The van der Waals surface area contributed by atoms with Gasteiger partial charge in [-0.15, -0.1) is 0 Å². The van der Waals surface area contributed by atoms with Gasteiger partial charge in [0.2, 0.25) is 0 Å². The van der Waals surface area contributed by atoms with E-state index in [0.717, 1.165) is 13.1 Å². The van der Waals surface area contributed by atoms with Gasteiger partial charge >= 0.3 is 0 Å². The fourth-order valence-corrected chi connectivity index (χ4v) is 2.41. The van der Waals surface area contributed by atoms with Crippen LogP contribution in [0.2, 0.25) is 0 Å². The van der Waals surface area contributed by atoms with E-state index in [-0.39, 0.29) is 11.9 Å². The molecule has 1 saturated heterocycles. The standard InChI is InChI=1S/C14H21N3O2/c1-10-4-3-5-11(2)12(10)8-17-6-7-19-13(9-17)14(15)16-18/h3-5,13,18H,6-9H2,1-2H3,(H2,15,16). The molecule has 5 heteroatoms. The summed E-state index contributed by atoms with van der Waals surface area (Å²) in [5.41, 5.74) is 9.56. The molecule has 0 radical (unpaired) electrons. The Morgan fingerprint density at radius 3 is 2.79 bits per heavy atom. The van der Waals surface area contributed by atoms with Gasteiger partial charge in [-0.3, -0.25) is 4.90 Å². The number of amidine groups is 1. The Labute approximate surface area is 113 Å². The second-order valence-corrected chi connectivity index (χ2v) is 4.99. The van der Waals surface area contributed by atoms with E-state index >= 15 is 0 Å². The van der Waals surface area contributed by atoms with Crippen LogP contribution in [0.1, 0.15) is 16.7 Å². The molecular weight excluding hydrogens is 242 g/mol. The summed E-state index contributed by atoms with van der Waals surface area (Å²) in [6.45, 7) is 7.25. The van der Waals surface area contributed by atoms with Crippen molar-refractivity contribution < 1.29 is 9.94 Å². The SMILES string of the molecule is Cc1cccc(C)c1CN1CCOC(/C(N)=N/O)C1. The molecule has 1 aromatic carbocycles. The third-order valence-electron chi connectivity index (χ3n) is 3.62. The van der Waals surface area contributed by atoms with Gasteiger partial charge in [-0.2, -0.15) is 0 Å². The molecule has 104 valence electrons. The first-order valence-electron chi connectivity index (χ1n) is 6.48. The van der Waals surface area contributed by atoms with Crippen molar-refractivity contribution in [3.63, 3.8) is 0 Å². The molecule has 1 fully saturated rings. The summed E-state index contributed by atoms with van der Waals surface area (Å²) in [6, 6.07) is 6.33. The molecule has 0 amide bonds. The van der Waals surface area contributed by atoms with Crippen molar-refractivity contribution in [2.75, 3.05) is 19.7 Å². The van der Waals surface area contributed by atoms with E-state index in [0.29, 0.717) is 13.2 Å². The molecule has 1 atom stereocenters. The molecule has 2 rings (SSSR count). The minimum atomic E-state index is -0.317. The first-order valence-corrected chi connectivity index (χ1v) is 6.48. The van der Waals surface area contributed by atoms with Crippen molar-refractivity contribution in [1.29, 1.82) is 0 Å². The van der Waals surface area contributed by atoms with Crippen LogP contribution in [-0.4, -0.2) is 41.7 Å². The second kappa shape index (κ2) is 6.04. The molecule has 3 N–H and O–H groups in total. The quantitative estimate of drug-likeness (QED) is 0.373. The van der Waals surface area contributed by atoms with Crippen LogP contribution in [0.25, 0.3) is 0 Å². The molecule has 5 nitrogen and oxygen atoms in total. The highest BCUT2D eigenvalue weighted by Crippen LogP contribution is 2.17. The third-order valence-corrected chi connectivity index (χ3v) is 3.62. The van der Waals surface area contributed by atoms with E-state index in [4.69, 9.17) is 15.7 Å². The number of benzene rings is 1. The van der Waals surface area contributed by atoms with Gasteiger partial charge in [-0.05, 0) is 30.5 Å². The molecule has 0 aliphatic carbocycles. The van der Waals surface area contributed by atoms with Gasteiger partial charge in [0.25, 0.3) is 0 Å². The lowest BCUT2D eigenvalue weighted by atomic mass is 10.0. The number of hydrogen-bond donors (Lipinski definition) is 2.